The molecule has 0 bridgehead atoms. The molecule has 4 rings (SSSR count). The molecule has 6 heteroatoms. The first kappa shape index (κ1) is 21.1. The lowest BCUT2D eigenvalue weighted by atomic mass is 9.96. The molecule has 0 aliphatic heterocycles. The summed E-state index contributed by atoms with van der Waals surface area (Å²) in [6.07, 6.45) is 6.06. The second-order valence-electron chi connectivity index (χ2n) is 7.28. The summed E-state index contributed by atoms with van der Waals surface area (Å²) in [6.45, 7) is 2.50. The van der Waals surface area contributed by atoms with Crippen LogP contribution in [0.25, 0.3) is 0 Å². The molecule has 0 unspecified atom stereocenters. The first-order valence-electron chi connectivity index (χ1n) is 10.4. The van der Waals surface area contributed by atoms with Gasteiger partial charge in [0.25, 0.3) is 0 Å². The van der Waals surface area contributed by atoms with Crippen LogP contribution < -0.4 is 9.47 Å². The number of benzene rings is 2. The molecule has 4 nitrogen and oxygen atoms in total. The molecule has 0 radical (unpaired) electrons. The molecule has 0 saturated carbocycles. The number of halogens is 1. The van der Waals surface area contributed by atoms with Crippen molar-refractivity contribution in [2.45, 2.75) is 39.2 Å². The molecule has 0 fully saturated rings. The molecule has 158 valence electrons. The Bertz CT molecular complexity index is 1150. The van der Waals surface area contributed by atoms with Gasteiger partial charge in [0, 0.05) is 16.7 Å². The number of aryl methyl sites for hydroxylation is 1. The third-order valence-electron chi connectivity index (χ3n) is 5.20. The monoisotopic (exact) mass is 434 g/mol. The number of aliphatic imine (C=N–C) groups is 1. The molecular formula is C25H23FN2O2S. The van der Waals surface area contributed by atoms with Crippen LogP contribution >= 0.6 is 11.3 Å². The zero-order chi connectivity index (χ0) is 21.6. The van der Waals surface area contributed by atoms with E-state index in [0.29, 0.717) is 29.2 Å². The summed E-state index contributed by atoms with van der Waals surface area (Å²) in [4.78, 5) is 5.91. The van der Waals surface area contributed by atoms with Crippen molar-refractivity contribution in [1.29, 1.82) is 5.26 Å². The van der Waals surface area contributed by atoms with Crippen molar-refractivity contribution in [2.24, 2.45) is 4.99 Å². The van der Waals surface area contributed by atoms with E-state index in [0.717, 1.165) is 29.8 Å². The maximum absolute atomic E-state index is 13.9. The molecule has 1 heterocycles. The molecule has 1 aliphatic rings. The average molecular weight is 435 g/mol. The summed E-state index contributed by atoms with van der Waals surface area (Å²) in [5.41, 5.74) is 3.22. The molecule has 1 aliphatic carbocycles. The van der Waals surface area contributed by atoms with Gasteiger partial charge in [0.15, 0.2) is 11.5 Å². The number of rotatable bonds is 7. The van der Waals surface area contributed by atoms with E-state index in [2.05, 4.69) is 11.1 Å². The van der Waals surface area contributed by atoms with Gasteiger partial charge in [-0.1, -0.05) is 18.2 Å². The van der Waals surface area contributed by atoms with Crippen LogP contribution in [-0.4, -0.2) is 12.8 Å². The normalized spacial score (nSPS) is 13.1. The molecule has 31 heavy (non-hydrogen) atoms. The number of hydrogen-bond acceptors (Lipinski definition) is 5. The zero-order valence-corrected chi connectivity index (χ0v) is 18.2. The fraction of sp³-hybridized carbons (Fsp3) is 0.280. The number of hydrogen-bond donors (Lipinski definition) is 0. The standard InChI is InChI=1S/C25H23FN2O2S/c1-2-29-23-13-17(11-12-22(23)30-16-18-7-3-5-9-21(18)26)15-28-25-20(14-27)19-8-4-6-10-24(19)31-25/h3,5,7,9,11-13,15H,2,4,6,8,10,16H2,1H3. The Morgan fingerprint density at radius 2 is 1.97 bits per heavy atom. The minimum atomic E-state index is -0.295. The van der Waals surface area contributed by atoms with Crippen LogP contribution in [0.15, 0.2) is 47.5 Å². The van der Waals surface area contributed by atoms with Gasteiger partial charge < -0.3 is 9.47 Å². The maximum Gasteiger partial charge on any atom is 0.161 e. The van der Waals surface area contributed by atoms with Crippen LogP contribution in [0.2, 0.25) is 0 Å². The van der Waals surface area contributed by atoms with Crippen LogP contribution in [0.3, 0.4) is 0 Å². The zero-order valence-electron chi connectivity index (χ0n) is 17.4. The Kier molecular flexibility index (Phi) is 6.63. The number of fused-ring (bicyclic) bond motifs is 1. The Labute approximate surface area is 185 Å². The predicted molar refractivity (Wildman–Crippen MR) is 121 cm³/mol. The summed E-state index contributed by atoms with van der Waals surface area (Å²) >= 11 is 1.62. The quantitative estimate of drug-likeness (QED) is 0.406. The minimum Gasteiger partial charge on any atom is -0.490 e. The summed E-state index contributed by atoms with van der Waals surface area (Å²) in [7, 11) is 0. The van der Waals surface area contributed by atoms with E-state index in [-0.39, 0.29) is 12.4 Å². The van der Waals surface area contributed by atoms with Gasteiger partial charge in [-0.3, -0.25) is 0 Å². The van der Waals surface area contributed by atoms with E-state index in [4.69, 9.17) is 9.47 Å². The van der Waals surface area contributed by atoms with E-state index in [1.165, 1.54) is 22.9 Å². The molecular weight excluding hydrogens is 411 g/mol. The van der Waals surface area contributed by atoms with E-state index in [1.807, 2.05) is 19.1 Å². The second-order valence-corrected chi connectivity index (χ2v) is 8.36. The summed E-state index contributed by atoms with van der Waals surface area (Å²) in [5.74, 6) is 0.830. The Balaban J connectivity index is 1.55. The smallest absolute Gasteiger partial charge is 0.161 e. The maximum atomic E-state index is 13.9. The highest BCUT2D eigenvalue weighted by Gasteiger charge is 2.20. The molecule has 1 aromatic heterocycles. The van der Waals surface area contributed by atoms with E-state index < -0.39 is 0 Å². The van der Waals surface area contributed by atoms with Crippen molar-refractivity contribution in [3.05, 3.63) is 75.4 Å². The fourth-order valence-corrected chi connectivity index (χ4v) is 4.84. The van der Waals surface area contributed by atoms with Crippen molar-refractivity contribution in [3.8, 4) is 17.6 Å². The van der Waals surface area contributed by atoms with Crippen molar-refractivity contribution < 1.29 is 13.9 Å². The Morgan fingerprint density at radius 1 is 1.13 bits per heavy atom. The molecule has 0 N–H and O–H groups in total. The highest BCUT2D eigenvalue weighted by molar-refractivity contribution is 7.16. The summed E-state index contributed by atoms with van der Waals surface area (Å²) < 4.78 is 25.4. The highest BCUT2D eigenvalue weighted by Crippen LogP contribution is 2.39. The molecule has 0 saturated heterocycles. The van der Waals surface area contributed by atoms with Crippen LogP contribution in [0.1, 0.15) is 46.9 Å². The van der Waals surface area contributed by atoms with Crippen molar-refractivity contribution in [2.75, 3.05) is 6.61 Å². The Morgan fingerprint density at radius 3 is 2.77 bits per heavy atom. The number of nitriles is 1. The predicted octanol–water partition coefficient (Wildman–Crippen LogP) is 6.37. The first-order chi connectivity index (χ1) is 15.2. The third-order valence-corrected chi connectivity index (χ3v) is 6.40. The SMILES string of the molecule is CCOc1cc(C=Nc2sc3c(c2C#N)CCCC3)ccc1OCc1ccccc1F. The molecule has 0 spiro atoms. The highest BCUT2D eigenvalue weighted by atomic mass is 32.1. The van der Waals surface area contributed by atoms with Gasteiger partial charge in [-0.25, -0.2) is 9.38 Å². The molecule has 0 atom stereocenters. The second kappa shape index (κ2) is 9.76. The van der Waals surface area contributed by atoms with E-state index in [9.17, 15) is 9.65 Å². The summed E-state index contributed by atoms with van der Waals surface area (Å²) in [6, 6.07) is 14.4. The molecule has 3 aromatic rings. The van der Waals surface area contributed by atoms with Crippen LogP contribution in [0.4, 0.5) is 9.39 Å². The van der Waals surface area contributed by atoms with Gasteiger partial charge >= 0.3 is 0 Å². The van der Waals surface area contributed by atoms with Gasteiger partial charge in [0.2, 0.25) is 0 Å². The first-order valence-corrected chi connectivity index (χ1v) is 11.2. The topological polar surface area (TPSA) is 54.6 Å². The summed E-state index contributed by atoms with van der Waals surface area (Å²) in [5, 5.41) is 10.4. The van der Waals surface area contributed by atoms with Crippen molar-refractivity contribution >= 4 is 22.6 Å². The van der Waals surface area contributed by atoms with E-state index >= 15 is 0 Å². The van der Waals surface area contributed by atoms with Crippen LogP contribution in [0, 0.1) is 17.1 Å². The Hall–Kier alpha value is -3.17. The van der Waals surface area contributed by atoms with Gasteiger partial charge in [-0.15, -0.1) is 11.3 Å². The number of nitrogens with zero attached hydrogens (tertiary/aromatic N) is 2. The van der Waals surface area contributed by atoms with Gasteiger partial charge in [-0.2, -0.15) is 5.26 Å². The molecule has 0 amide bonds. The third kappa shape index (κ3) is 4.78. The number of thiophene rings is 1. The largest absolute Gasteiger partial charge is 0.490 e. The van der Waals surface area contributed by atoms with Gasteiger partial charge in [0.05, 0.1) is 12.2 Å². The fourth-order valence-electron chi connectivity index (χ4n) is 3.65. The lowest BCUT2D eigenvalue weighted by Crippen LogP contribution is -2.01. The minimum absolute atomic E-state index is 0.118. The van der Waals surface area contributed by atoms with Crippen LogP contribution in [0.5, 0.6) is 11.5 Å². The lowest BCUT2D eigenvalue weighted by molar-refractivity contribution is 0.266. The van der Waals surface area contributed by atoms with Gasteiger partial charge in [-0.05, 0) is 68.0 Å². The van der Waals surface area contributed by atoms with Crippen LogP contribution in [-0.2, 0) is 19.4 Å². The van der Waals surface area contributed by atoms with E-state index in [1.54, 1.807) is 41.8 Å². The average Bonchev–Trinajstić information content (AvgIpc) is 3.15. The van der Waals surface area contributed by atoms with Crippen molar-refractivity contribution in [1.82, 2.24) is 0 Å². The number of ether oxygens (including phenoxy) is 2. The lowest BCUT2D eigenvalue weighted by Gasteiger charge is -2.13. The molecule has 2 aromatic carbocycles. The van der Waals surface area contributed by atoms with Gasteiger partial charge in [0.1, 0.15) is 23.5 Å². The van der Waals surface area contributed by atoms with Crippen molar-refractivity contribution in [3.63, 3.8) is 0 Å².